The topological polar surface area (TPSA) is 128 Å². The summed E-state index contributed by atoms with van der Waals surface area (Å²) < 4.78 is 0. The third-order valence-corrected chi connectivity index (χ3v) is 3.23. The molecule has 2 aromatic heterocycles. The van der Waals surface area contributed by atoms with Crippen molar-refractivity contribution in [3.8, 4) is 0 Å². The average molecular weight is 276 g/mol. The minimum Gasteiger partial charge on any atom is -0.480 e. The summed E-state index contributed by atoms with van der Waals surface area (Å²) in [6, 6.07) is -0.961. The number of fused-ring (bicyclic) bond motifs is 1. The third kappa shape index (κ3) is 1.92. The number of carboxylic acid groups (broad SMARTS) is 1. The number of nitrogens with one attached hydrogen (secondary N) is 2. The van der Waals surface area contributed by atoms with Crippen LogP contribution >= 0.6 is 0 Å². The van der Waals surface area contributed by atoms with Crippen molar-refractivity contribution in [1.82, 2.24) is 30.0 Å². The monoisotopic (exact) mass is 276 g/mol. The van der Waals surface area contributed by atoms with E-state index in [1.165, 1.54) is 11.2 Å². The molecule has 0 aliphatic carbocycles. The molecular weight excluding hydrogens is 264 g/mol. The number of aliphatic carboxylic acids is 1. The van der Waals surface area contributed by atoms with Gasteiger partial charge in [0.1, 0.15) is 11.9 Å². The maximum Gasteiger partial charge on any atom is 0.326 e. The molecule has 3 heterocycles. The molecule has 0 fully saturated rings. The van der Waals surface area contributed by atoms with E-state index >= 15 is 0 Å². The van der Waals surface area contributed by atoms with Crippen LogP contribution in [-0.4, -0.2) is 53.1 Å². The Bertz CT molecular complexity index is 675. The first-order chi connectivity index (χ1) is 9.56. The molecule has 9 nitrogen and oxygen atoms in total. The number of rotatable bonds is 2. The van der Waals surface area contributed by atoms with Gasteiger partial charge in [-0.1, -0.05) is 0 Å². The lowest BCUT2D eigenvalue weighted by Gasteiger charge is -2.31. The normalized spacial score (nSPS) is 17.9. The van der Waals surface area contributed by atoms with Crippen molar-refractivity contribution in [2.45, 2.75) is 25.9 Å². The fourth-order valence-electron chi connectivity index (χ4n) is 2.24. The second kappa shape index (κ2) is 4.44. The summed E-state index contributed by atoms with van der Waals surface area (Å²) in [4.78, 5) is 35.9. The molecule has 0 saturated carbocycles. The van der Waals surface area contributed by atoms with Gasteiger partial charge < -0.3 is 15.0 Å². The molecule has 1 aliphatic heterocycles. The van der Waals surface area contributed by atoms with Crippen molar-refractivity contribution in [3.05, 3.63) is 29.4 Å². The quantitative estimate of drug-likeness (QED) is 0.677. The van der Waals surface area contributed by atoms with E-state index in [1.807, 2.05) is 0 Å². The lowest BCUT2D eigenvalue weighted by atomic mass is 10.0. The fourth-order valence-corrected chi connectivity index (χ4v) is 2.24. The van der Waals surface area contributed by atoms with Gasteiger partial charge in [-0.25, -0.2) is 14.8 Å². The van der Waals surface area contributed by atoms with Crippen molar-refractivity contribution >= 4 is 11.9 Å². The Hall–Kier alpha value is -2.71. The highest BCUT2D eigenvalue weighted by atomic mass is 16.4. The molecular formula is C11H12N6O3. The van der Waals surface area contributed by atoms with Crippen LogP contribution in [0.15, 0.2) is 6.33 Å². The van der Waals surface area contributed by atoms with E-state index in [0.29, 0.717) is 11.5 Å². The zero-order chi connectivity index (χ0) is 14.3. The van der Waals surface area contributed by atoms with Gasteiger partial charge in [0.05, 0.1) is 24.3 Å². The van der Waals surface area contributed by atoms with E-state index in [9.17, 15) is 14.7 Å². The Morgan fingerprint density at radius 1 is 1.50 bits per heavy atom. The van der Waals surface area contributed by atoms with Gasteiger partial charge in [-0.2, -0.15) is 0 Å². The van der Waals surface area contributed by atoms with Gasteiger partial charge in [0.15, 0.2) is 0 Å². The molecule has 20 heavy (non-hydrogen) atoms. The molecule has 9 heteroatoms. The molecule has 0 spiro atoms. The van der Waals surface area contributed by atoms with Crippen LogP contribution in [0.25, 0.3) is 0 Å². The maximum atomic E-state index is 12.3. The van der Waals surface area contributed by atoms with E-state index in [-0.39, 0.29) is 18.8 Å². The number of carboxylic acids is 1. The number of imidazole rings is 1. The molecule has 0 aromatic carbocycles. The van der Waals surface area contributed by atoms with Crippen LogP contribution in [0.1, 0.15) is 27.8 Å². The zero-order valence-electron chi connectivity index (χ0n) is 10.6. The van der Waals surface area contributed by atoms with Crippen LogP contribution in [0, 0.1) is 6.92 Å². The third-order valence-electron chi connectivity index (χ3n) is 3.23. The highest BCUT2D eigenvalue weighted by Gasteiger charge is 2.37. The van der Waals surface area contributed by atoms with Crippen molar-refractivity contribution in [2.24, 2.45) is 0 Å². The van der Waals surface area contributed by atoms with E-state index in [4.69, 9.17) is 0 Å². The number of aromatic amines is 2. The molecule has 2 aromatic rings. The first-order valence-electron chi connectivity index (χ1n) is 6.00. The average Bonchev–Trinajstić information content (AvgIpc) is 3.04. The van der Waals surface area contributed by atoms with Crippen LogP contribution in [0.4, 0.5) is 0 Å². The number of carbonyl (C=O) groups excluding carboxylic acids is 1. The molecule has 1 amide bonds. The first kappa shape index (κ1) is 12.3. The van der Waals surface area contributed by atoms with E-state index in [1.54, 1.807) is 6.92 Å². The lowest BCUT2D eigenvalue weighted by Crippen LogP contribution is -2.49. The zero-order valence-corrected chi connectivity index (χ0v) is 10.6. The largest absolute Gasteiger partial charge is 0.480 e. The van der Waals surface area contributed by atoms with Crippen LogP contribution in [0.3, 0.4) is 0 Å². The number of aromatic nitrogens is 5. The molecule has 0 saturated heterocycles. The van der Waals surface area contributed by atoms with Gasteiger partial charge in [-0.05, 0) is 6.92 Å². The number of carbonyl (C=O) groups is 2. The molecule has 0 radical (unpaired) electrons. The number of nitrogens with zero attached hydrogens (tertiary/aromatic N) is 4. The van der Waals surface area contributed by atoms with Gasteiger partial charge in [0, 0.05) is 6.42 Å². The van der Waals surface area contributed by atoms with E-state index in [0.717, 1.165) is 5.69 Å². The summed E-state index contributed by atoms with van der Waals surface area (Å²) in [6.45, 7) is 1.82. The molecule has 3 rings (SSSR count). The summed E-state index contributed by atoms with van der Waals surface area (Å²) in [5.74, 6) is -1.11. The maximum absolute atomic E-state index is 12.3. The van der Waals surface area contributed by atoms with Gasteiger partial charge >= 0.3 is 5.97 Å². The summed E-state index contributed by atoms with van der Waals surface area (Å²) in [7, 11) is 0. The standard InChI is InChI=1S/C11H12N6O3/c1-5-14-9(16-15-5)10(18)17-3-7-6(12-4-13-7)2-8(17)11(19)20/h4,8H,2-3H2,1H3,(H,12,13)(H,19,20)(H,14,15,16). The molecule has 0 bridgehead atoms. The van der Waals surface area contributed by atoms with Gasteiger partial charge in [0.2, 0.25) is 5.82 Å². The Labute approximate surface area is 113 Å². The molecule has 1 aliphatic rings. The Morgan fingerprint density at radius 3 is 2.95 bits per heavy atom. The van der Waals surface area contributed by atoms with Crippen molar-refractivity contribution in [2.75, 3.05) is 0 Å². The van der Waals surface area contributed by atoms with Crippen LogP contribution in [-0.2, 0) is 17.8 Å². The van der Waals surface area contributed by atoms with Crippen LogP contribution in [0.5, 0.6) is 0 Å². The summed E-state index contributed by atoms with van der Waals surface area (Å²) in [5, 5.41) is 15.6. The summed E-state index contributed by atoms with van der Waals surface area (Å²) >= 11 is 0. The Morgan fingerprint density at radius 2 is 2.30 bits per heavy atom. The molecule has 3 N–H and O–H groups in total. The first-order valence-corrected chi connectivity index (χ1v) is 6.00. The summed E-state index contributed by atoms with van der Waals surface area (Å²) in [6.07, 6.45) is 1.66. The van der Waals surface area contributed by atoms with Gasteiger partial charge in [0.25, 0.3) is 5.91 Å². The molecule has 1 unspecified atom stereocenters. The molecule has 104 valence electrons. The number of hydrogen-bond donors (Lipinski definition) is 3. The number of hydrogen-bond acceptors (Lipinski definition) is 5. The Kier molecular flexibility index (Phi) is 2.74. The fraction of sp³-hybridized carbons (Fsp3) is 0.364. The smallest absolute Gasteiger partial charge is 0.326 e. The Balaban J connectivity index is 1.94. The second-order valence-electron chi connectivity index (χ2n) is 4.56. The highest BCUT2D eigenvalue weighted by molar-refractivity contribution is 5.93. The number of aryl methyl sites for hydroxylation is 1. The highest BCUT2D eigenvalue weighted by Crippen LogP contribution is 2.22. The summed E-state index contributed by atoms with van der Waals surface area (Å²) in [5.41, 5.74) is 1.41. The SMILES string of the molecule is Cc1nc(C(=O)N2Cc3[nH]cnc3CC2C(=O)O)n[nH]1. The van der Waals surface area contributed by atoms with Gasteiger partial charge in [-0.3, -0.25) is 9.89 Å². The number of H-pyrrole nitrogens is 2. The van der Waals surface area contributed by atoms with E-state index < -0.39 is 17.9 Å². The van der Waals surface area contributed by atoms with Crippen molar-refractivity contribution in [1.29, 1.82) is 0 Å². The lowest BCUT2D eigenvalue weighted by molar-refractivity contribution is -0.142. The van der Waals surface area contributed by atoms with Crippen LogP contribution in [0.2, 0.25) is 0 Å². The molecule has 1 atom stereocenters. The minimum atomic E-state index is -1.07. The van der Waals surface area contributed by atoms with Gasteiger partial charge in [-0.15, -0.1) is 5.10 Å². The predicted molar refractivity (Wildman–Crippen MR) is 64.7 cm³/mol. The predicted octanol–water partition coefficient (Wildman–Crippen LogP) is -0.512. The minimum absolute atomic E-state index is 0.0308. The van der Waals surface area contributed by atoms with E-state index in [2.05, 4.69) is 25.1 Å². The van der Waals surface area contributed by atoms with Crippen molar-refractivity contribution < 1.29 is 14.7 Å². The van der Waals surface area contributed by atoms with Crippen molar-refractivity contribution in [3.63, 3.8) is 0 Å². The van der Waals surface area contributed by atoms with Crippen LogP contribution < -0.4 is 0 Å². The number of amides is 1. The second-order valence-corrected chi connectivity index (χ2v) is 4.56.